The molecule has 3 heterocycles. The number of aromatic amines is 1. The summed E-state index contributed by atoms with van der Waals surface area (Å²) in [5.41, 5.74) is 3.68. The molecule has 1 atom stereocenters. The fraction of sp³-hybridized carbons (Fsp3) is 0.355. The molecule has 3 aromatic heterocycles. The van der Waals surface area contributed by atoms with Crippen LogP contribution in [-0.4, -0.2) is 30.1 Å². The molecule has 1 N–H and O–H groups in total. The lowest BCUT2D eigenvalue weighted by Crippen LogP contribution is -2.35. The zero-order valence-corrected chi connectivity index (χ0v) is 22.3. The zero-order chi connectivity index (χ0) is 26.6. The maximum Gasteiger partial charge on any atom is 0.253 e. The van der Waals surface area contributed by atoms with Gasteiger partial charge in [-0.2, -0.15) is 0 Å². The van der Waals surface area contributed by atoms with Crippen LogP contribution in [0.1, 0.15) is 79.4 Å². The van der Waals surface area contributed by atoms with E-state index in [9.17, 15) is 4.79 Å². The normalized spacial score (nSPS) is 15.2. The number of tetrazole rings is 1. The van der Waals surface area contributed by atoms with Crippen molar-refractivity contribution in [3.63, 3.8) is 0 Å². The van der Waals surface area contributed by atoms with E-state index in [0.29, 0.717) is 24.5 Å². The van der Waals surface area contributed by atoms with E-state index < -0.39 is 6.04 Å². The average molecular weight is 523 g/mol. The molecular weight excluding hydrogens is 488 g/mol. The number of aryl methyl sites for hydroxylation is 1. The quantitative estimate of drug-likeness (QED) is 0.256. The number of aromatic nitrogens is 5. The molecule has 0 bridgehead atoms. The van der Waals surface area contributed by atoms with Crippen LogP contribution in [0.3, 0.4) is 0 Å². The third-order valence-electron chi connectivity index (χ3n) is 7.86. The Labute approximate surface area is 227 Å². The molecule has 0 amide bonds. The van der Waals surface area contributed by atoms with Crippen molar-refractivity contribution in [1.82, 2.24) is 30.1 Å². The van der Waals surface area contributed by atoms with Gasteiger partial charge in [0.25, 0.3) is 5.56 Å². The van der Waals surface area contributed by atoms with Gasteiger partial charge in [-0.1, -0.05) is 62.6 Å². The fourth-order valence-corrected chi connectivity index (χ4v) is 5.82. The standard InChI is InChI=1S/C31H34N6O2/c1-2-22-15-16-28-24(18-22)19-27(31(38)32-28)29(30-33-34-35-37(30)25-12-7-4-8-13-25)36(21-26-14-9-17-39-26)20-23-10-5-3-6-11-23/h3,5-6,9-11,14-19,25,29H,2,4,7-8,12-13,20-21H2,1H3,(H,32,38)/t29-/m0/s1. The van der Waals surface area contributed by atoms with Crippen molar-refractivity contribution in [2.24, 2.45) is 0 Å². The number of fused-ring (bicyclic) bond motifs is 1. The summed E-state index contributed by atoms with van der Waals surface area (Å²) in [5.74, 6) is 1.51. The molecule has 0 saturated heterocycles. The van der Waals surface area contributed by atoms with Gasteiger partial charge in [-0.25, -0.2) is 4.68 Å². The minimum Gasteiger partial charge on any atom is -0.468 e. The smallest absolute Gasteiger partial charge is 0.253 e. The van der Waals surface area contributed by atoms with E-state index in [-0.39, 0.29) is 11.6 Å². The topological polar surface area (TPSA) is 92.8 Å². The first kappa shape index (κ1) is 25.2. The molecule has 0 spiro atoms. The Hall–Kier alpha value is -4.04. The van der Waals surface area contributed by atoms with Crippen molar-refractivity contribution in [1.29, 1.82) is 0 Å². The molecule has 0 aliphatic heterocycles. The third kappa shape index (κ3) is 5.43. The van der Waals surface area contributed by atoms with E-state index >= 15 is 0 Å². The monoisotopic (exact) mass is 522 g/mol. The summed E-state index contributed by atoms with van der Waals surface area (Å²) in [6, 6.07) is 22.1. The maximum absolute atomic E-state index is 13.8. The molecule has 1 saturated carbocycles. The molecule has 8 heteroatoms. The van der Waals surface area contributed by atoms with Gasteiger partial charge in [-0.15, -0.1) is 5.10 Å². The summed E-state index contributed by atoms with van der Waals surface area (Å²) in [5, 5.41) is 14.2. The first-order valence-corrected chi connectivity index (χ1v) is 13.9. The summed E-state index contributed by atoms with van der Waals surface area (Å²) in [7, 11) is 0. The Morgan fingerprint density at radius 2 is 1.85 bits per heavy atom. The van der Waals surface area contributed by atoms with E-state index in [4.69, 9.17) is 4.42 Å². The summed E-state index contributed by atoms with van der Waals surface area (Å²) in [4.78, 5) is 19.2. The van der Waals surface area contributed by atoms with Crippen molar-refractivity contribution in [2.75, 3.05) is 0 Å². The Bertz CT molecular complexity index is 1570. The van der Waals surface area contributed by atoms with Crippen molar-refractivity contribution < 1.29 is 4.42 Å². The minimum absolute atomic E-state index is 0.132. The lowest BCUT2D eigenvalue weighted by atomic mass is 9.95. The number of pyridine rings is 1. The highest BCUT2D eigenvalue weighted by atomic mass is 16.3. The first-order valence-electron chi connectivity index (χ1n) is 13.9. The summed E-state index contributed by atoms with van der Waals surface area (Å²) in [6.45, 7) is 3.23. The Morgan fingerprint density at radius 1 is 1.00 bits per heavy atom. The summed E-state index contributed by atoms with van der Waals surface area (Å²) < 4.78 is 7.78. The number of nitrogens with one attached hydrogen (secondary N) is 1. The number of H-pyrrole nitrogens is 1. The van der Waals surface area contributed by atoms with Gasteiger partial charge in [0.1, 0.15) is 11.8 Å². The van der Waals surface area contributed by atoms with E-state index in [1.54, 1.807) is 6.26 Å². The highest BCUT2D eigenvalue weighted by molar-refractivity contribution is 5.80. The summed E-state index contributed by atoms with van der Waals surface area (Å²) in [6.07, 6.45) is 8.24. The number of rotatable bonds is 9. The van der Waals surface area contributed by atoms with Gasteiger partial charge in [0.15, 0.2) is 5.82 Å². The Kier molecular flexibility index (Phi) is 7.36. The van der Waals surface area contributed by atoms with Gasteiger partial charge in [0.05, 0.1) is 18.8 Å². The molecule has 39 heavy (non-hydrogen) atoms. The van der Waals surface area contributed by atoms with Gasteiger partial charge in [0, 0.05) is 17.6 Å². The van der Waals surface area contributed by atoms with Gasteiger partial charge in [0.2, 0.25) is 0 Å². The predicted molar refractivity (Wildman–Crippen MR) is 150 cm³/mol. The lowest BCUT2D eigenvalue weighted by Gasteiger charge is -2.32. The van der Waals surface area contributed by atoms with Crippen molar-refractivity contribution in [2.45, 2.75) is 70.6 Å². The second-order valence-electron chi connectivity index (χ2n) is 10.5. The molecule has 2 aromatic carbocycles. The number of hydrogen-bond donors (Lipinski definition) is 1. The highest BCUT2D eigenvalue weighted by Crippen LogP contribution is 2.34. The number of nitrogens with zero attached hydrogens (tertiary/aromatic N) is 5. The molecule has 5 aromatic rings. The number of furan rings is 1. The predicted octanol–water partition coefficient (Wildman–Crippen LogP) is 5.97. The van der Waals surface area contributed by atoms with E-state index in [2.05, 4.69) is 56.6 Å². The Morgan fingerprint density at radius 3 is 2.62 bits per heavy atom. The number of hydrogen-bond acceptors (Lipinski definition) is 6. The van der Waals surface area contributed by atoms with Crippen molar-refractivity contribution in [3.8, 4) is 0 Å². The van der Waals surface area contributed by atoms with E-state index in [0.717, 1.165) is 54.3 Å². The molecule has 200 valence electrons. The van der Waals surface area contributed by atoms with Crippen LogP contribution in [-0.2, 0) is 19.5 Å². The molecule has 0 radical (unpaired) electrons. The van der Waals surface area contributed by atoms with Gasteiger partial charge >= 0.3 is 0 Å². The molecule has 1 aliphatic rings. The van der Waals surface area contributed by atoms with Crippen molar-refractivity contribution >= 4 is 10.9 Å². The van der Waals surface area contributed by atoms with Crippen LogP contribution in [0.5, 0.6) is 0 Å². The highest BCUT2D eigenvalue weighted by Gasteiger charge is 2.33. The van der Waals surface area contributed by atoms with Crippen LogP contribution in [0.25, 0.3) is 10.9 Å². The molecule has 8 nitrogen and oxygen atoms in total. The van der Waals surface area contributed by atoms with Gasteiger partial charge in [-0.05, 0) is 76.5 Å². The van der Waals surface area contributed by atoms with Crippen LogP contribution in [0, 0.1) is 0 Å². The fourth-order valence-electron chi connectivity index (χ4n) is 5.82. The molecule has 1 fully saturated rings. The van der Waals surface area contributed by atoms with Crippen LogP contribution < -0.4 is 5.56 Å². The van der Waals surface area contributed by atoms with Gasteiger partial charge < -0.3 is 9.40 Å². The first-order chi connectivity index (χ1) is 19.2. The zero-order valence-electron chi connectivity index (χ0n) is 22.3. The average Bonchev–Trinajstić information content (AvgIpc) is 3.67. The molecule has 6 rings (SSSR count). The second-order valence-corrected chi connectivity index (χ2v) is 10.5. The minimum atomic E-state index is -0.481. The maximum atomic E-state index is 13.8. The Balaban J connectivity index is 1.53. The molecule has 0 unspecified atom stereocenters. The van der Waals surface area contributed by atoms with E-state index in [1.165, 1.54) is 12.0 Å². The van der Waals surface area contributed by atoms with Crippen LogP contribution in [0.2, 0.25) is 0 Å². The van der Waals surface area contributed by atoms with Crippen LogP contribution >= 0.6 is 0 Å². The second kappa shape index (κ2) is 11.4. The third-order valence-corrected chi connectivity index (χ3v) is 7.86. The number of benzene rings is 2. The molecule has 1 aliphatic carbocycles. The largest absolute Gasteiger partial charge is 0.468 e. The molecular formula is C31H34N6O2. The summed E-state index contributed by atoms with van der Waals surface area (Å²) >= 11 is 0. The lowest BCUT2D eigenvalue weighted by molar-refractivity contribution is 0.173. The van der Waals surface area contributed by atoms with Gasteiger partial charge in [-0.3, -0.25) is 9.69 Å². The SMILES string of the molecule is CCc1ccc2[nH]c(=O)c([C@@H](c3nnnn3C3CCCCC3)N(Cc3ccccc3)Cc3ccco3)cc2c1. The van der Waals surface area contributed by atoms with Crippen molar-refractivity contribution in [3.05, 3.63) is 112 Å². The van der Waals surface area contributed by atoms with Crippen LogP contribution in [0.15, 0.2) is 82.2 Å². The van der Waals surface area contributed by atoms with Crippen LogP contribution in [0.4, 0.5) is 0 Å². The van der Waals surface area contributed by atoms with E-state index in [1.807, 2.05) is 47.1 Å².